The number of fused-ring (bicyclic) bond motifs is 16. The van der Waals surface area contributed by atoms with E-state index in [0.717, 1.165) is 77.4 Å². The van der Waals surface area contributed by atoms with Crippen molar-refractivity contribution in [2.24, 2.45) is 0 Å². The zero-order chi connectivity index (χ0) is 33.8. The van der Waals surface area contributed by atoms with Gasteiger partial charge in [-0.25, -0.2) is 9.97 Å². The molecule has 0 N–H and O–H groups in total. The highest BCUT2D eigenvalue weighted by molar-refractivity contribution is 6.16. The van der Waals surface area contributed by atoms with Crippen LogP contribution in [0, 0.1) is 13.8 Å². The molecule has 240 valence electrons. The highest BCUT2D eigenvalue weighted by atomic mass is 16.5. The van der Waals surface area contributed by atoms with Gasteiger partial charge in [0.15, 0.2) is 0 Å². The smallest absolute Gasteiger partial charge is 0.146 e. The Kier molecular flexibility index (Phi) is 5.74. The van der Waals surface area contributed by atoms with Gasteiger partial charge in [-0.2, -0.15) is 0 Å². The van der Waals surface area contributed by atoms with Crippen LogP contribution < -0.4 is 4.74 Å². The average Bonchev–Trinajstić information content (AvgIpc) is 3.75. The topological polar surface area (TPSA) is 43.8 Å². The molecule has 0 fully saturated rings. The van der Waals surface area contributed by atoms with E-state index >= 15 is 0 Å². The second kappa shape index (κ2) is 10.4. The lowest BCUT2D eigenvalue weighted by Crippen LogP contribution is -1.95. The largest absolute Gasteiger partial charge is 0.457 e. The maximum absolute atomic E-state index is 6.69. The molecule has 4 aromatic heterocycles. The molecule has 0 atom stereocenters. The van der Waals surface area contributed by atoms with E-state index < -0.39 is 0 Å². The van der Waals surface area contributed by atoms with Crippen molar-refractivity contribution in [2.45, 2.75) is 13.8 Å². The standard InChI is InChI=1S/C46H30N4O/c1-27-10-9-11-28(2)44(27)29-18-21-35-33-23-20-31(26-37(33)46-48-39-14-5-8-17-42(39)50(46)43(35)24-29)51-30-19-22-32-34-12-3-6-15-40(34)49-41-16-7-4-13-38(41)47-45(49)36(32)25-30/h3-26H,1-2H3. The summed E-state index contributed by atoms with van der Waals surface area (Å²) in [5.41, 5.74) is 13.3. The number of pyridine rings is 2. The van der Waals surface area contributed by atoms with Crippen LogP contribution in [-0.4, -0.2) is 18.8 Å². The molecule has 0 aliphatic rings. The summed E-state index contributed by atoms with van der Waals surface area (Å²) in [6.45, 7) is 4.38. The van der Waals surface area contributed by atoms with Crippen LogP contribution >= 0.6 is 0 Å². The lowest BCUT2D eigenvalue weighted by Gasteiger charge is -2.15. The Morgan fingerprint density at radius 3 is 1.55 bits per heavy atom. The Labute approximate surface area is 292 Å². The fourth-order valence-corrected chi connectivity index (χ4v) is 8.32. The molecular formula is C46H30N4O. The Bertz CT molecular complexity index is 3240. The minimum absolute atomic E-state index is 0.757. The molecule has 7 aromatic carbocycles. The van der Waals surface area contributed by atoms with E-state index in [0.29, 0.717) is 0 Å². The monoisotopic (exact) mass is 654 g/mol. The molecule has 0 saturated carbocycles. The number of hydrogen-bond acceptors (Lipinski definition) is 3. The van der Waals surface area contributed by atoms with Gasteiger partial charge >= 0.3 is 0 Å². The molecule has 51 heavy (non-hydrogen) atoms. The van der Waals surface area contributed by atoms with Crippen LogP contribution in [0.3, 0.4) is 0 Å². The van der Waals surface area contributed by atoms with Crippen LogP contribution in [0.5, 0.6) is 11.5 Å². The van der Waals surface area contributed by atoms with Crippen LogP contribution in [-0.2, 0) is 0 Å². The second-order valence-corrected chi connectivity index (χ2v) is 13.6. The van der Waals surface area contributed by atoms with Gasteiger partial charge in [-0.1, -0.05) is 72.8 Å². The summed E-state index contributed by atoms with van der Waals surface area (Å²) < 4.78 is 11.3. The molecule has 0 radical (unpaired) electrons. The second-order valence-electron chi connectivity index (χ2n) is 13.6. The molecular weight excluding hydrogens is 625 g/mol. The van der Waals surface area contributed by atoms with Crippen molar-refractivity contribution in [3.05, 3.63) is 157 Å². The number of hydrogen-bond donors (Lipinski definition) is 0. The maximum Gasteiger partial charge on any atom is 0.146 e. The van der Waals surface area contributed by atoms with Gasteiger partial charge in [-0.15, -0.1) is 0 Å². The number of aryl methyl sites for hydroxylation is 2. The summed E-state index contributed by atoms with van der Waals surface area (Å²) in [5.74, 6) is 1.52. The van der Waals surface area contributed by atoms with Crippen molar-refractivity contribution in [3.8, 4) is 22.6 Å². The van der Waals surface area contributed by atoms with Crippen LogP contribution in [0.2, 0.25) is 0 Å². The van der Waals surface area contributed by atoms with Crippen LogP contribution in [0.1, 0.15) is 11.1 Å². The summed E-state index contributed by atoms with van der Waals surface area (Å²) in [7, 11) is 0. The molecule has 0 unspecified atom stereocenters. The summed E-state index contributed by atoms with van der Waals surface area (Å²) in [5, 5.41) is 6.75. The molecule has 0 spiro atoms. The Hall–Kier alpha value is -6.72. The van der Waals surface area contributed by atoms with Gasteiger partial charge in [0.05, 0.1) is 33.1 Å². The highest BCUT2D eigenvalue weighted by Crippen LogP contribution is 2.39. The fourth-order valence-electron chi connectivity index (χ4n) is 8.32. The van der Waals surface area contributed by atoms with E-state index in [2.05, 4.69) is 162 Å². The Morgan fingerprint density at radius 1 is 0.412 bits per heavy atom. The normalized spacial score (nSPS) is 12.1. The predicted molar refractivity (Wildman–Crippen MR) is 210 cm³/mol. The number of rotatable bonds is 3. The van der Waals surface area contributed by atoms with Gasteiger partial charge in [0.1, 0.15) is 22.8 Å². The SMILES string of the molecule is Cc1cccc(C)c1-c1ccc2c3ccc(Oc4ccc5c6ccccc6n6c7ccccc7nc6c5c4)cc3c3nc4ccccc4n3c2c1. The Morgan fingerprint density at radius 2 is 0.922 bits per heavy atom. The number of ether oxygens (including phenoxy) is 1. The van der Waals surface area contributed by atoms with Gasteiger partial charge in [0, 0.05) is 21.5 Å². The van der Waals surface area contributed by atoms with Crippen LogP contribution in [0.25, 0.3) is 87.8 Å². The molecule has 11 rings (SSSR count). The van der Waals surface area contributed by atoms with Gasteiger partial charge in [-0.3, -0.25) is 8.80 Å². The van der Waals surface area contributed by atoms with Gasteiger partial charge < -0.3 is 4.74 Å². The molecule has 0 aliphatic heterocycles. The Balaban J connectivity index is 1.12. The van der Waals surface area contributed by atoms with Crippen molar-refractivity contribution < 1.29 is 4.74 Å². The van der Waals surface area contributed by atoms with Gasteiger partial charge in [0.2, 0.25) is 0 Å². The van der Waals surface area contributed by atoms with Crippen molar-refractivity contribution in [1.82, 2.24) is 18.8 Å². The summed E-state index contributed by atoms with van der Waals surface area (Å²) in [4.78, 5) is 10.3. The molecule has 4 heterocycles. The van der Waals surface area contributed by atoms with E-state index in [-0.39, 0.29) is 0 Å². The van der Waals surface area contributed by atoms with E-state index in [1.54, 1.807) is 0 Å². The predicted octanol–water partition coefficient (Wildman–Crippen LogP) is 12.0. The summed E-state index contributed by atoms with van der Waals surface area (Å²) in [6.07, 6.45) is 0. The number of aromatic nitrogens is 4. The lowest BCUT2D eigenvalue weighted by molar-refractivity contribution is 0.484. The van der Waals surface area contributed by atoms with E-state index in [1.165, 1.54) is 33.0 Å². The molecule has 5 nitrogen and oxygen atoms in total. The first-order valence-corrected chi connectivity index (χ1v) is 17.3. The summed E-state index contributed by atoms with van der Waals surface area (Å²) >= 11 is 0. The average molecular weight is 655 g/mol. The minimum atomic E-state index is 0.757. The van der Waals surface area contributed by atoms with Crippen molar-refractivity contribution in [1.29, 1.82) is 0 Å². The first-order chi connectivity index (χ1) is 25.1. The molecule has 0 saturated heterocycles. The third kappa shape index (κ3) is 4.03. The van der Waals surface area contributed by atoms with Crippen molar-refractivity contribution >= 4 is 76.7 Å². The molecule has 0 aliphatic carbocycles. The number of nitrogens with zero attached hydrogens (tertiary/aromatic N) is 4. The van der Waals surface area contributed by atoms with Gasteiger partial charge in [0.25, 0.3) is 0 Å². The van der Waals surface area contributed by atoms with E-state index in [1.807, 2.05) is 6.07 Å². The first-order valence-electron chi connectivity index (χ1n) is 17.3. The highest BCUT2D eigenvalue weighted by Gasteiger charge is 2.18. The minimum Gasteiger partial charge on any atom is -0.457 e. The molecule has 5 heteroatoms. The third-order valence-corrected chi connectivity index (χ3v) is 10.6. The fraction of sp³-hybridized carbons (Fsp3) is 0.0435. The molecule has 11 aromatic rings. The number of benzene rings is 7. The van der Waals surface area contributed by atoms with Gasteiger partial charge in [-0.05, 0) is 120 Å². The molecule has 0 bridgehead atoms. The van der Waals surface area contributed by atoms with Crippen molar-refractivity contribution in [2.75, 3.05) is 0 Å². The molecule has 0 amide bonds. The van der Waals surface area contributed by atoms with Crippen molar-refractivity contribution in [3.63, 3.8) is 0 Å². The quantitative estimate of drug-likeness (QED) is 0.178. The summed E-state index contributed by atoms with van der Waals surface area (Å²) in [6, 6.07) is 51.4. The van der Waals surface area contributed by atoms with E-state index in [4.69, 9.17) is 14.7 Å². The van der Waals surface area contributed by atoms with Crippen LogP contribution in [0.15, 0.2) is 146 Å². The maximum atomic E-state index is 6.69. The van der Waals surface area contributed by atoms with Crippen LogP contribution in [0.4, 0.5) is 0 Å². The third-order valence-electron chi connectivity index (χ3n) is 10.6. The first kappa shape index (κ1) is 28.2. The number of imidazole rings is 2. The van der Waals surface area contributed by atoms with E-state index in [9.17, 15) is 0 Å². The zero-order valence-electron chi connectivity index (χ0n) is 28.1. The lowest BCUT2D eigenvalue weighted by atomic mass is 9.94. The number of para-hydroxylation sites is 5. The zero-order valence-corrected chi connectivity index (χ0v) is 28.1.